The van der Waals surface area contributed by atoms with Crippen molar-refractivity contribution in [2.24, 2.45) is 11.8 Å². The van der Waals surface area contributed by atoms with Crippen molar-refractivity contribution in [3.8, 4) is 0 Å². The fraction of sp³-hybridized carbons (Fsp3) is 0.615. The first-order valence-corrected chi connectivity index (χ1v) is 9.43. The third-order valence-corrected chi connectivity index (χ3v) is 6.21. The number of aliphatic hydroxyl groups is 2. The number of nitrogens with two attached hydrogens (primary N) is 1. The van der Waals surface area contributed by atoms with Gasteiger partial charge in [0.1, 0.15) is 0 Å². The molecule has 138 valence electrons. The summed E-state index contributed by atoms with van der Waals surface area (Å²) in [6.45, 7) is 1.25. The lowest BCUT2D eigenvalue weighted by Gasteiger charge is -2.47. The molecule has 2 unspecified atom stereocenters. The summed E-state index contributed by atoms with van der Waals surface area (Å²) < 4.78 is 18.5. The van der Waals surface area contributed by atoms with Crippen molar-refractivity contribution in [1.82, 2.24) is 19.5 Å². The van der Waals surface area contributed by atoms with Crippen molar-refractivity contribution in [2.75, 3.05) is 18.9 Å². The molecule has 2 aromatic rings. The summed E-state index contributed by atoms with van der Waals surface area (Å²) in [6, 6.07) is -0.480. The zero-order chi connectivity index (χ0) is 18.4. The first kappa shape index (κ1) is 18.0. The molecule has 6 N–H and O–H groups in total. The van der Waals surface area contributed by atoms with E-state index in [0.717, 1.165) is 0 Å². The van der Waals surface area contributed by atoms with Crippen LogP contribution >= 0.6 is 7.60 Å². The maximum absolute atomic E-state index is 12.2. The van der Waals surface area contributed by atoms with E-state index in [0.29, 0.717) is 6.42 Å². The van der Waals surface area contributed by atoms with Crippen LogP contribution in [0, 0.1) is 11.8 Å². The highest BCUT2D eigenvalue weighted by Gasteiger charge is 2.52. The molecule has 1 aliphatic carbocycles. The predicted octanol–water partition coefficient (Wildman–Crippen LogP) is -0.588. The van der Waals surface area contributed by atoms with E-state index in [9.17, 15) is 24.5 Å². The monoisotopic (exact) mass is 373 g/mol. The van der Waals surface area contributed by atoms with Gasteiger partial charge < -0.3 is 29.9 Å². The molecule has 0 aliphatic heterocycles. The SMILES string of the molecule is CCOP(=O)(O)C(O)[C@H]1[C@@H](CO)C[C@H]1n1cnc2c(=O)[nH]c(N)nc21. The largest absolute Gasteiger partial charge is 0.396 e. The van der Waals surface area contributed by atoms with Gasteiger partial charge >= 0.3 is 7.60 Å². The lowest BCUT2D eigenvalue weighted by atomic mass is 9.69. The van der Waals surface area contributed by atoms with Gasteiger partial charge in [0.2, 0.25) is 5.95 Å². The molecule has 2 aromatic heterocycles. The molecule has 0 aromatic carbocycles. The molecule has 0 radical (unpaired) electrons. The number of aromatic nitrogens is 4. The van der Waals surface area contributed by atoms with Gasteiger partial charge in [-0.3, -0.25) is 14.3 Å². The Bertz CT molecular complexity index is 881. The van der Waals surface area contributed by atoms with Crippen LogP contribution in [0.4, 0.5) is 5.95 Å². The number of hydrogen-bond acceptors (Lipinski definition) is 8. The number of H-pyrrole nitrogens is 1. The number of nitrogen functional groups attached to an aromatic ring is 1. The van der Waals surface area contributed by atoms with Crippen LogP contribution in [0.1, 0.15) is 19.4 Å². The topological polar surface area (TPSA) is 177 Å². The van der Waals surface area contributed by atoms with Gasteiger partial charge in [0.15, 0.2) is 17.0 Å². The molecule has 0 saturated heterocycles. The van der Waals surface area contributed by atoms with Crippen molar-refractivity contribution in [1.29, 1.82) is 0 Å². The number of imidazole rings is 1. The number of aliphatic hydroxyl groups excluding tert-OH is 2. The fourth-order valence-corrected chi connectivity index (χ4v) is 4.74. The maximum Gasteiger partial charge on any atom is 0.356 e. The summed E-state index contributed by atoms with van der Waals surface area (Å²) in [5, 5.41) is 19.9. The summed E-state index contributed by atoms with van der Waals surface area (Å²) >= 11 is 0. The molecule has 1 saturated carbocycles. The summed E-state index contributed by atoms with van der Waals surface area (Å²) in [6.07, 6.45) is 1.79. The van der Waals surface area contributed by atoms with Crippen LogP contribution in [0.15, 0.2) is 11.1 Å². The van der Waals surface area contributed by atoms with Crippen molar-refractivity contribution in [2.45, 2.75) is 25.2 Å². The van der Waals surface area contributed by atoms with Crippen LogP contribution in [-0.2, 0) is 9.09 Å². The second-order valence-electron chi connectivity index (χ2n) is 5.99. The van der Waals surface area contributed by atoms with Gasteiger partial charge in [-0.15, -0.1) is 0 Å². The molecule has 1 fully saturated rings. The van der Waals surface area contributed by atoms with Crippen LogP contribution in [0.5, 0.6) is 0 Å². The van der Waals surface area contributed by atoms with Gasteiger partial charge in [-0.25, -0.2) is 4.98 Å². The number of fused-ring (bicyclic) bond motifs is 1. The maximum atomic E-state index is 12.2. The Hall–Kier alpha value is -1.78. The minimum absolute atomic E-state index is 0.0342. The highest BCUT2D eigenvalue weighted by atomic mass is 31.2. The number of rotatable bonds is 6. The molecule has 0 bridgehead atoms. The lowest BCUT2D eigenvalue weighted by Crippen LogP contribution is -2.47. The fourth-order valence-electron chi connectivity index (χ4n) is 3.34. The molecule has 1 aliphatic rings. The summed E-state index contributed by atoms with van der Waals surface area (Å²) in [5.41, 5.74) is 5.35. The molecule has 0 spiro atoms. The molecule has 11 nitrogen and oxygen atoms in total. The zero-order valence-corrected chi connectivity index (χ0v) is 14.3. The van der Waals surface area contributed by atoms with E-state index in [-0.39, 0.29) is 30.3 Å². The van der Waals surface area contributed by atoms with Crippen molar-refractivity contribution in [3.63, 3.8) is 0 Å². The van der Waals surface area contributed by atoms with Crippen LogP contribution in [-0.4, -0.2) is 53.7 Å². The van der Waals surface area contributed by atoms with E-state index >= 15 is 0 Å². The van der Waals surface area contributed by atoms with E-state index in [1.165, 1.54) is 10.9 Å². The second-order valence-corrected chi connectivity index (χ2v) is 7.91. The van der Waals surface area contributed by atoms with Gasteiger partial charge in [-0.05, 0) is 19.3 Å². The average Bonchev–Trinajstić information content (AvgIpc) is 2.90. The predicted molar refractivity (Wildman–Crippen MR) is 87.7 cm³/mol. The Morgan fingerprint density at radius 2 is 2.32 bits per heavy atom. The smallest absolute Gasteiger partial charge is 0.356 e. The molecular formula is C13H20N5O6P. The Morgan fingerprint density at radius 3 is 2.96 bits per heavy atom. The zero-order valence-electron chi connectivity index (χ0n) is 13.4. The highest BCUT2D eigenvalue weighted by Crippen LogP contribution is 2.58. The first-order valence-electron chi connectivity index (χ1n) is 7.78. The summed E-state index contributed by atoms with van der Waals surface area (Å²) in [5.74, 6) is -2.92. The van der Waals surface area contributed by atoms with E-state index in [1.807, 2.05) is 0 Å². The average molecular weight is 373 g/mol. The molecule has 0 amide bonds. The van der Waals surface area contributed by atoms with Crippen molar-refractivity contribution < 1.29 is 24.2 Å². The number of nitrogens with one attached hydrogen (secondary N) is 1. The van der Waals surface area contributed by atoms with Gasteiger partial charge in [0, 0.05) is 18.6 Å². The van der Waals surface area contributed by atoms with Gasteiger partial charge in [0.25, 0.3) is 5.56 Å². The van der Waals surface area contributed by atoms with Crippen LogP contribution in [0.3, 0.4) is 0 Å². The Balaban J connectivity index is 2.00. The first-order chi connectivity index (χ1) is 11.8. The van der Waals surface area contributed by atoms with Gasteiger partial charge in [-0.1, -0.05) is 0 Å². The van der Waals surface area contributed by atoms with Crippen LogP contribution in [0.2, 0.25) is 0 Å². The molecule has 12 heteroatoms. The number of anilines is 1. The number of nitrogens with zero attached hydrogens (tertiary/aromatic N) is 3. The van der Waals surface area contributed by atoms with E-state index in [2.05, 4.69) is 15.0 Å². The second kappa shape index (κ2) is 6.50. The van der Waals surface area contributed by atoms with Crippen LogP contribution in [0.25, 0.3) is 11.2 Å². The normalized spacial score (nSPS) is 27.0. The number of aromatic amines is 1. The van der Waals surface area contributed by atoms with Crippen molar-refractivity contribution >= 4 is 24.7 Å². The van der Waals surface area contributed by atoms with E-state index in [1.54, 1.807) is 6.92 Å². The summed E-state index contributed by atoms with van der Waals surface area (Å²) in [7, 11) is -4.28. The molecule has 25 heavy (non-hydrogen) atoms. The van der Waals surface area contributed by atoms with Gasteiger partial charge in [0.05, 0.1) is 12.9 Å². The molecule has 5 atom stereocenters. The standard InChI is InChI=1S/C13H20N5O6P/c1-2-24-25(22,23)12(21)8-6(4-19)3-7(8)18-5-15-9-10(18)16-13(14)17-11(9)20/h5-8,12,19,21H,2-4H2,1H3,(H,22,23)(H3,14,16,17,20)/t6-,7-,8+,12?/m1/s1. The number of hydrogen-bond donors (Lipinski definition) is 5. The summed E-state index contributed by atoms with van der Waals surface area (Å²) in [4.78, 5) is 32.2. The van der Waals surface area contributed by atoms with Gasteiger partial charge in [-0.2, -0.15) is 4.98 Å². The molecule has 3 rings (SSSR count). The van der Waals surface area contributed by atoms with E-state index < -0.39 is 36.9 Å². The quantitative estimate of drug-likeness (QED) is 0.414. The van der Waals surface area contributed by atoms with Crippen LogP contribution < -0.4 is 11.3 Å². The molecular weight excluding hydrogens is 353 g/mol. The highest BCUT2D eigenvalue weighted by molar-refractivity contribution is 7.53. The third-order valence-electron chi connectivity index (χ3n) is 4.57. The third kappa shape index (κ3) is 2.98. The molecule has 2 heterocycles. The minimum Gasteiger partial charge on any atom is -0.396 e. The Labute approximate surface area is 142 Å². The Morgan fingerprint density at radius 1 is 1.60 bits per heavy atom. The van der Waals surface area contributed by atoms with Crippen molar-refractivity contribution in [3.05, 3.63) is 16.7 Å². The minimum atomic E-state index is -4.28. The van der Waals surface area contributed by atoms with E-state index in [4.69, 9.17) is 10.3 Å². The lowest BCUT2D eigenvalue weighted by molar-refractivity contribution is -0.0325. The Kier molecular flexibility index (Phi) is 4.69.